The van der Waals surface area contributed by atoms with E-state index in [0.29, 0.717) is 32.1 Å². The number of hydrogen-bond donors (Lipinski definition) is 6. The van der Waals surface area contributed by atoms with Crippen LogP contribution in [-0.2, 0) is 14.3 Å². The van der Waals surface area contributed by atoms with Crippen molar-refractivity contribution in [2.45, 2.75) is 155 Å². The summed E-state index contributed by atoms with van der Waals surface area (Å²) in [5.41, 5.74) is -1.27. The fourth-order valence-electron chi connectivity index (χ4n) is 11.7. The van der Waals surface area contributed by atoms with Crippen molar-refractivity contribution in [3.8, 4) is 0 Å². The van der Waals surface area contributed by atoms with E-state index in [1.807, 2.05) is 20.8 Å². The van der Waals surface area contributed by atoms with Crippen LogP contribution in [0.1, 0.15) is 107 Å². The Labute approximate surface area is 269 Å². The average Bonchev–Trinajstić information content (AvgIpc) is 3.33. The van der Waals surface area contributed by atoms with Gasteiger partial charge < -0.3 is 40.1 Å². The molecule has 5 fully saturated rings. The topological polar surface area (TPSA) is 157 Å². The van der Waals surface area contributed by atoms with Crippen LogP contribution < -0.4 is 0 Å². The molecule has 2 unspecified atom stereocenters. The van der Waals surface area contributed by atoms with Crippen LogP contribution >= 0.6 is 0 Å². The molecule has 9 nitrogen and oxygen atoms in total. The molecule has 15 atom stereocenters. The Balaban J connectivity index is 1.51. The highest BCUT2D eigenvalue weighted by Crippen LogP contribution is 2.75. The highest BCUT2D eigenvalue weighted by molar-refractivity contribution is 5.84. The summed E-state index contributed by atoms with van der Waals surface area (Å²) >= 11 is 0. The van der Waals surface area contributed by atoms with E-state index in [4.69, 9.17) is 9.47 Å². The van der Waals surface area contributed by atoms with Gasteiger partial charge in [0.05, 0.1) is 24.4 Å². The molecule has 4 saturated carbocycles. The Bertz CT molecular complexity index is 1150. The highest BCUT2D eigenvalue weighted by Gasteiger charge is 2.73. The summed E-state index contributed by atoms with van der Waals surface area (Å²) in [6.45, 7) is 16.4. The summed E-state index contributed by atoms with van der Waals surface area (Å²) in [4.78, 5) is 14.6. The molecule has 0 radical (unpaired) electrons. The van der Waals surface area contributed by atoms with Crippen LogP contribution in [0.4, 0.5) is 0 Å². The Morgan fingerprint density at radius 1 is 0.978 bits per heavy atom. The lowest BCUT2D eigenvalue weighted by molar-refractivity contribution is -0.333. The van der Waals surface area contributed by atoms with Crippen LogP contribution in [-0.4, -0.2) is 91.5 Å². The van der Waals surface area contributed by atoms with E-state index < -0.39 is 66.0 Å². The normalized spacial score (nSPS) is 50.6. The van der Waals surface area contributed by atoms with Crippen molar-refractivity contribution in [2.24, 2.45) is 45.3 Å². The summed E-state index contributed by atoms with van der Waals surface area (Å²) in [6, 6.07) is 0. The predicted molar refractivity (Wildman–Crippen MR) is 169 cm³/mol. The second kappa shape index (κ2) is 11.9. The first-order valence-electron chi connectivity index (χ1n) is 17.3. The van der Waals surface area contributed by atoms with Crippen molar-refractivity contribution in [1.82, 2.24) is 0 Å². The van der Waals surface area contributed by atoms with Crippen molar-refractivity contribution in [1.29, 1.82) is 0 Å². The quantitative estimate of drug-likeness (QED) is 0.230. The number of aliphatic hydroxyl groups excluding tert-OH is 6. The maximum Gasteiger partial charge on any atom is 0.187 e. The number of aliphatic hydroxyl groups is 6. The molecule has 0 amide bonds. The van der Waals surface area contributed by atoms with Gasteiger partial charge in [0.25, 0.3) is 0 Å². The summed E-state index contributed by atoms with van der Waals surface area (Å²) in [7, 11) is 0. The number of ketones is 1. The second-order valence-electron chi connectivity index (χ2n) is 17.3. The van der Waals surface area contributed by atoms with Crippen molar-refractivity contribution in [2.75, 3.05) is 6.61 Å². The van der Waals surface area contributed by atoms with Gasteiger partial charge in [0.1, 0.15) is 30.2 Å². The SMILES string of the molecule is CC(C)=CCC[C@](C)(O[C@@H]1O[C@H](CO)[C@@H](O)[C@H](O)[C@H]1O)[C@H]1CC[C@]2(C)C1C(=O)C[C@@H]1[C@@]3(C)CC[C@H](O)C(C)(C)C3[C@@H](O)C[C@]12C. The fourth-order valence-corrected chi connectivity index (χ4v) is 11.7. The van der Waals surface area contributed by atoms with Gasteiger partial charge in [-0.25, -0.2) is 0 Å². The Morgan fingerprint density at radius 2 is 1.64 bits per heavy atom. The van der Waals surface area contributed by atoms with Crippen LogP contribution in [0.25, 0.3) is 0 Å². The Kier molecular flexibility index (Phi) is 9.36. The van der Waals surface area contributed by atoms with Gasteiger partial charge in [-0.05, 0) is 105 Å². The van der Waals surface area contributed by atoms with E-state index in [0.717, 1.165) is 24.8 Å². The number of ether oxygens (including phenoxy) is 2. The van der Waals surface area contributed by atoms with Gasteiger partial charge in [-0.1, -0.05) is 46.3 Å². The molecule has 1 aliphatic heterocycles. The standard InChI is InChI=1S/C36H60O9/c1-19(2)10-9-13-36(8,45-31-29(43)28(42)27(41)23(18-37)44-31)20-11-15-34(6)26(20)21(38)16-24-33(5)14-12-25(40)32(3,4)30(33)22(39)17-35(24,34)7/h10,20,22-31,37,39-43H,9,11-18H2,1-8H3/t20-,22-,23+,24+,25-,26?,27+,28-,29+,30?,31-,33+,34+,35+,36-/m0/s1. The number of allylic oxidation sites excluding steroid dienone is 2. The largest absolute Gasteiger partial charge is 0.394 e. The van der Waals surface area contributed by atoms with Gasteiger partial charge in [-0.15, -0.1) is 0 Å². The molecule has 5 rings (SSSR count). The molecule has 1 saturated heterocycles. The third kappa shape index (κ3) is 5.31. The number of carbonyl (C=O) groups is 1. The Morgan fingerprint density at radius 3 is 2.27 bits per heavy atom. The summed E-state index contributed by atoms with van der Waals surface area (Å²) in [6.07, 6.45) is -0.745. The molecule has 9 heteroatoms. The van der Waals surface area contributed by atoms with Gasteiger partial charge in [-0.2, -0.15) is 0 Å². The average molecular weight is 637 g/mol. The minimum Gasteiger partial charge on any atom is -0.394 e. The molecule has 0 aromatic heterocycles. The molecule has 4 aliphatic carbocycles. The zero-order valence-electron chi connectivity index (χ0n) is 28.7. The zero-order chi connectivity index (χ0) is 33.5. The van der Waals surface area contributed by atoms with Gasteiger partial charge in [0.15, 0.2) is 6.29 Å². The van der Waals surface area contributed by atoms with E-state index >= 15 is 0 Å². The molecular weight excluding hydrogens is 576 g/mol. The molecule has 0 bridgehead atoms. The smallest absolute Gasteiger partial charge is 0.187 e. The molecule has 45 heavy (non-hydrogen) atoms. The number of rotatable bonds is 7. The number of fused-ring (bicyclic) bond motifs is 5. The molecule has 0 spiro atoms. The van der Waals surface area contributed by atoms with E-state index in [1.165, 1.54) is 0 Å². The molecule has 6 N–H and O–H groups in total. The number of Topliss-reactive ketones (excluding diaryl/α,β-unsaturated/α-hetero) is 1. The molecule has 5 aliphatic rings. The van der Waals surface area contributed by atoms with Crippen LogP contribution in [0.3, 0.4) is 0 Å². The molecule has 1 heterocycles. The van der Waals surface area contributed by atoms with Crippen LogP contribution in [0.2, 0.25) is 0 Å². The highest BCUT2D eigenvalue weighted by atomic mass is 16.7. The molecule has 0 aromatic carbocycles. The summed E-state index contributed by atoms with van der Waals surface area (Å²) in [5.74, 6) is -0.372. The van der Waals surface area contributed by atoms with Crippen molar-refractivity contribution < 1.29 is 44.9 Å². The first kappa shape index (κ1) is 35.4. The third-order valence-corrected chi connectivity index (χ3v) is 14.2. The van der Waals surface area contributed by atoms with E-state index in [-0.39, 0.29) is 40.3 Å². The van der Waals surface area contributed by atoms with Gasteiger partial charge in [-0.3, -0.25) is 4.79 Å². The van der Waals surface area contributed by atoms with Gasteiger partial charge in [0.2, 0.25) is 0 Å². The summed E-state index contributed by atoms with van der Waals surface area (Å²) in [5, 5.41) is 64.6. The second-order valence-corrected chi connectivity index (χ2v) is 17.3. The first-order chi connectivity index (χ1) is 20.8. The molecule has 0 aromatic rings. The number of hydrogen-bond acceptors (Lipinski definition) is 9. The van der Waals surface area contributed by atoms with Gasteiger partial charge in [0, 0.05) is 12.3 Å². The molecule has 258 valence electrons. The lowest BCUT2D eigenvalue weighted by Gasteiger charge is -2.70. The lowest BCUT2D eigenvalue weighted by atomic mass is 9.34. The Hall–Kier alpha value is -0.910. The maximum absolute atomic E-state index is 14.6. The monoisotopic (exact) mass is 636 g/mol. The maximum atomic E-state index is 14.6. The fraction of sp³-hybridized carbons (Fsp3) is 0.917. The van der Waals surface area contributed by atoms with Crippen LogP contribution in [0, 0.1) is 45.3 Å². The molecular formula is C36H60O9. The zero-order valence-corrected chi connectivity index (χ0v) is 28.7. The van der Waals surface area contributed by atoms with Crippen LogP contribution in [0.5, 0.6) is 0 Å². The van der Waals surface area contributed by atoms with Crippen molar-refractivity contribution in [3.05, 3.63) is 11.6 Å². The minimum atomic E-state index is -1.55. The van der Waals surface area contributed by atoms with E-state index in [9.17, 15) is 35.4 Å². The minimum absolute atomic E-state index is 0.0703. The van der Waals surface area contributed by atoms with Gasteiger partial charge >= 0.3 is 0 Å². The van der Waals surface area contributed by atoms with Crippen LogP contribution in [0.15, 0.2) is 11.6 Å². The van der Waals surface area contributed by atoms with Crippen molar-refractivity contribution in [3.63, 3.8) is 0 Å². The van der Waals surface area contributed by atoms with E-state index in [1.54, 1.807) is 0 Å². The van der Waals surface area contributed by atoms with E-state index in [2.05, 4.69) is 40.7 Å². The lowest BCUT2D eigenvalue weighted by Crippen LogP contribution is -2.69. The summed E-state index contributed by atoms with van der Waals surface area (Å²) < 4.78 is 12.5. The predicted octanol–water partition coefficient (Wildman–Crippen LogP) is 3.50. The first-order valence-corrected chi connectivity index (χ1v) is 17.3. The van der Waals surface area contributed by atoms with Crippen molar-refractivity contribution >= 4 is 5.78 Å². The third-order valence-electron chi connectivity index (χ3n) is 14.2. The number of carbonyl (C=O) groups excluding carboxylic acids is 1.